The van der Waals surface area contributed by atoms with E-state index in [2.05, 4.69) is 5.16 Å². The number of hydrogen-bond acceptors (Lipinski definition) is 6. The molecule has 7 nitrogen and oxygen atoms in total. The second kappa shape index (κ2) is 8.39. The van der Waals surface area contributed by atoms with Gasteiger partial charge in [0.15, 0.2) is 0 Å². The number of para-hydroxylation sites is 1. The van der Waals surface area contributed by atoms with Crippen molar-refractivity contribution in [2.45, 2.75) is 26.6 Å². The Morgan fingerprint density at radius 2 is 1.75 bits per heavy atom. The summed E-state index contributed by atoms with van der Waals surface area (Å²) in [5.74, 6) is -0.491. The number of amides is 1. The van der Waals surface area contributed by atoms with Gasteiger partial charge in [-0.25, -0.2) is 4.79 Å². The van der Waals surface area contributed by atoms with Crippen molar-refractivity contribution in [1.82, 2.24) is 5.16 Å². The predicted molar refractivity (Wildman–Crippen MR) is 101 cm³/mol. The molecule has 144 valence electrons. The van der Waals surface area contributed by atoms with Crippen molar-refractivity contribution in [3.05, 3.63) is 82.7 Å². The molecule has 1 heterocycles. The molecule has 0 aliphatic carbocycles. The third-order valence-corrected chi connectivity index (χ3v) is 4.25. The van der Waals surface area contributed by atoms with E-state index < -0.39 is 18.0 Å². The van der Waals surface area contributed by atoms with E-state index in [1.54, 1.807) is 61.5 Å². The summed E-state index contributed by atoms with van der Waals surface area (Å²) < 4.78 is 16.3. The van der Waals surface area contributed by atoms with Gasteiger partial charge in [0.25, 0.3) is 5.91 Å². The van der Waals surface area contributed by atoms with E-state index in [4.69, 9.17) is 19.7 Å². The van der Waals surface area contributed by atoms with Gasteiger partial charge in [0.1, 0.15) is 23.7 Å². The molecule has 0 bridgehead atoms. The number of primary amides is 1. The van der Waals surface area contributed by atoms with E-state index in [0.29, 0.717) is 17.1 Å². The van der Waals surface area contributed by atoms with Crippen molar-refractivity contribution < 1.29 is 23.6 Å². The van der Waals surface area contributed by atoms with Crippen molar-refractivity contribution in [3.63, 3.8) is 0 Å². The average molecular weight is 380 g/mol. The van der Waals surface area contributed by atoms with Crippen LogP contribution >= 0.6 is 0 Å². The summed E-state index contributed by atoms with van der Waals surface area (Å²) in [6, 6.07) is 15.2. The first-order valence-corrected chi connectivity index (χ1v) is 8.66. The second-order valence-electron chi connectivity index (χ2n) is 6.19. The third kappa shape index (κ3) is 4.20. The van der Waals surface area contributed by atoms with Crippen LogP contribution in [0.2, 0.25) is 0 Å². The summed E-state index contributed by atoms with van der Waals surface area (Å²) in [6.07, 6.45) is -1.19. The van der Waals surface area contributed by atoms with Crippen molar-refractivity contribution in [1.29, 1.82) is 0 Å². The van der Waals surface area contributed by atoms with Gasteiger partial charge in [-0.3, -0.25) is 4.79 Å². The molecule has 0 fully saturated rings. The predicted octanol–water partition coefficient (Wildman–Crippen LogP) is 3.25. The number of aryl methyl sites for hydroxylation is 2. The molecule has 0 aliphatic heterocycles. The molecule has 3 aromatic rings. The summed E-state index contributed by atoms with van der Waals surface area (Å²) in [7, 11) is 0. The molecule has 0 saturated heterocycles. The zero-order chi connectivity index (χ0) is 20.1. The van der Waals surface area contributed by atoms with Crippen molar-refractivity contribution >= 4 is 11.9 Å². The Labute approximate surface area is 162 Å². The summed E-state index contributed by atoms with van der Waals surface area (Å²) in [5.41, 5.74) is 7.64. The van der Waals surface area contributed by atoms with Crippen molar-refractivity contribution in [3.8, 4) is 5.75 Å². The first-order valence-electron chi connectivity index (χ1n) is 8.66. The zero-order valence-corrected chi connectivity index (χ0v) is 15.5. The van der Waals surface area contributed by atoms with Crippen LogP contribution in [0.15, 0.2) is 59.1 Å². The number of carbonyl (C=O) groups is 2. The number of nitrogens with two attached hydrogens (primary N) is 1. The van der Waals surface area contributed by atoms with Crippen LogP contribution in [0, 0.1) is 13.8 Å². The maximum absolute atomic E-state index is 12.7. The van der Waals surface area contributed by atoms with Crippen LogP contribution < -0.4 is 10.5 Å². The van der Waals surface area contributed by atoms with Crippen LogP contribution in [0.1, 0.15) is 39.0 Å². The molecule has 1 amide bonds. The highest BCUT2D eigenvalue weighted by Crippen LogP contribution is 2.25. The Kier molecular flexibility index (Phi) is 5.74. The summed E-state index contributed by atoms with van der Waals surface area (Å²) >= 11 is 0. The summed E-state index contributed by atoms with van der Waals surface area (Å²) in [4.78, 5) is 24.5. The minimum Gasteiger partial charge on any atom is -0.488 e. The van der Waals surface area contributed by atoms with E-state index in [1.807, 2.05) is 6.92 Å². The highest BCUT2D eigenvalue weighted by molar-refractivity contribution is 5.94. The molecular formula is C21H20N2O5. The smallest absolute Gasteiger partial charge is 0.343 e. The summed E-state index contributed by atoms with van der Waals surface area (Å²) in [5, 5.41) is 3.88. The van der Waals surface area contributed by atoms with E-state index in [1.165, 1.54) is 0 Å². The van der Waals surface area contributed by atoms with Gasteiger partial charge >= 0.3 is 5.97 Å². The highest BCUT2D eigenvalue weighted by Gasteiger charge is 2.25. The van der Waals surface area contributed by atoms with Crippen LogP contribution in [-0.2, 0) is 16.1 Å². The minimum atomic E-state index is -1.19. The van der Waals surface area contributed by atoms with Gasteiger partial charge in [0.05, 0.1) is 11.3 Å². The highest BCUT2D eigenvalue weighted by atomic mass is 16.6. The molecule has 2 N–H and O–H groups in total. The number of aromatic nitrogens is 1. The van der Waals surface area contributed by atoms with Gasteiger partial charge in [-0.1, -0.05) is 47.6 Å². The Balaban J connectivity index is 1.79. The molecule has 28 heavy (non-hydrogen) atoms. The monoisotopic (exact) mass is 380 g/mol. The van der Waals surface area contributed by atoms with E-state index in [9.17, 15) is 9.59 Å². The van der Waals surface area contributed by atoms with Gasteiger partial charge in [-0.2, -0.15) is 0 Å². The lowest BCUT2D eigenvalue weighted by Gasteiger charge is -2.16. The van der Waals surface area contributed by atoms with Crippen molar-refractivity contribution in [2.75, 3.05) is 0 Å². The first kappa shape index (κ1) is 19.2. The normalized spacial score (nSPS) is 11.6. The number of hydrogen-bond donors (Lipinski definition) is 1. The number of benzene rings is 2. The van der Waals surface area contributed by atoms with Crippen LogP contribution in [0.3, 0.4) is 0 Å². The fraction of sp³-hybridized carbons (Fsp3) is 0.190. The lowest BCUT2D eigenvalue weighted by molar-refractivity contribution is -0.127. The molecule has 3 rings (SSSR count). The van der Waals surface area contributed by atoms with Gasteiger partial charge in [-0.05, 0) is 26.0 Å². The van der Waals surface area contributed by atoms with Gasteiger partial charge in [-0.15, -0.1) is 0 Å². The first-order chi connectivity index (χ1) is 13.5. The summed E-state index contributed by atoms with van der Waals surface area (Å²) in [6.45, 7) is 3.78. The lowest BCUT2D eigenvalue weighted by atomic mass is 10.1. The molecule has 1 unspecified atom stereocenters. The maximum atomic E-state index is 12.7. The van der Waals surface area contributed by atoms with Gasteiger partial charge in [0.2, 0.25) is 6.10 Å². The molecular weight excluding hydrogens is 360 g/mol. The van der Waals surface area contributed by atoms with E-state index in [0.717, 1.165) is 11.3 Å². The minimum absolute atomic E-state index is 0.184. The zero-order valence-electron chi connectivity index (χ0n) is 15.5. The van der Waals surface area contributed by atoms with Crippen LogP contribution in [0.25, 0.3) is 0 Å². The molecule has 0 saturated carbocycles. The number of ether oxygens (including phenoxy) is 2. The van der Waals surface area contributed by atoms with Crippen LogP contribution in [0.5, 0.6) is 5.75 Å². The van der Waals surface area contributed by atoms with Crippen LogP contribution in [0.4, 0.5) is 0 Å². The average Bonchev–Trinajstić information content (AvgIpc) is 3.02. The molecule has 2 aromatic carbocycles. The lowest BCUT2D eigenvalue weighted by Crippen LogP contribution is -2.26. The fourth-order valence-electron chi connectivity index (χ4n) is 2.71. The maximum Gasteiger partial charge on any atom is 0.343 e. The molecule has 7 heteroatoms. The topological polar surface area (TPSA) is 105 Å². The second-order valence-corrected chi connectivity index (χ2v) is 6.19. The van der Waals surface area contributed by atoms with Gasteiger partial charge in [0, 0.05) is 5.56 Å². The number of carbonyl (C=O) groups excluding carboxylic acids is 2. The van der Waals surface area contributed by atoms with Crippen molar-refractivity contribution in [2.24, 2.45) is 5.73 Å². The van der Waals surface area contributed by atoms with Crippen LogP contribution in [-0.4, -0.2) is 17.0 Å². The molecule has 0 radical (unpaired) electrons. The Morgan fingerprint density at radius 3 is 2.39 bits per heavy atom. The number of esters is 1. The third-order valence-electron chi connectivity index (χ3n) is 4.25. The number of rotatable bonds is 7. The Hall–Kier alpha value is -3.61. The van der Waals surface area contributed by atoms with Gasteiger partial charge < -0.3 is 19.7 Å². The fourth-order valence-corrected chi connectivity index (χ4v) is 2.71. The number of nitrogens with zero attached hydrogens (tertiary/aromatic N) is 1. The molecule has 1 atom stereocenters. The molecule has 0 spiro atoms. The molecule has 1 aromatic heterocycles. The SMILES string of the molecule is Cc1noc(C)c1COc1ccccc1C(=O)OC(C(N)=O)c1ccccc1. The van der Waals surface area contributed by atoms with E-state index in [-0.39, 0.29) is 12.2 Å². The molecule has 0 aliphatic rings. The van der Waals surface area contributed by atoms with E-state index >= 15 is 0 Å². The Morgan fingerprint density at radius 1 is 1.07 bits per heavy atom. The Bertz CT molecular complexity index is 962. The largest absolute Gasteiger partial charge is 0.488 e. The quantitative estimate of drug-likeness (QED) is 0.631. The standard InChI is InChI=1S/C21H20N2O5/c1-13-17(14(2)28-23-13)12-26-18-11-7-6-10-16(18)21(25)27-19(20(22)24)15-8-4-3-5-9-15/h3-11,19H,12H2,1-2H3,(H2,22,24).